The van der Waals surface area contributed by atoms with E-state index in [0.29, 0.717) is 6.04 Å². The molecule has 0 saturated heterocycles. The number of anilines is 1. The molecule has 0 atom stereocenters. The number of nitrogens with zero attached hydrogens (tertiary/aromatic N) is 5. The molecule has 0 spiro atoms. The summed E-state index contributed by atoms with van der Waals surface area (Å²) in [6, 6.07) is 6.28. The lowest BCUT2D eigenvalue weighted by Gasteiger charge is -2.28. The number of hydrogen-bond donors (Lipinski definition) is 0. The molecule has 0 amide bonds. The van der Waals surface area contributed by atoms with Gasteiger partial charge in [-0.25, -0.2) is 15.0 Å². The third kappa shape index (κ3) is 3.94. The van der Waals surface area contributed by atoms with E-state index in [1.54, 1.807) is 23.7 Å². The highest BCUT2D eigenvalue weighted by Gasteiger charge is 2.15. The molecule has 0 aliphatic carbocycles. The Morgan fingerprint density at radius 3 is 2.58 bits per heavy atom. The molecule has 3 rings (SSSR count). The topological polar surface area (TPSA) is 54.8 Å². The van der Waals surface area contributed by atoms with Crippen LogP contribution in [0.3, 0.4) is 0 Å². The molecule has 0 radical (unpaired) electrons. The minimum Gasteiger partial charge on any atom is -0.354 e. The van der Waals surface area contributed by atoms with Gasteiger partial charge in [-0.2, -0.15) is 0 Å². The number of aryl methyl sites for hydroxylation is 1. The molecule has 24 heavy (non-hydrogen) atoms. The van der Waals surface area contributed by atoms with Crippen LogP contribution in [0.4, 0.5) is 5.82 Å². The Kier molecular flexibility index (Phi) is 5.15. The monoisotopic (exact) mass is 339 g/mol. The summed E-state index contributed by atoms with van der Waals surface area (Å²) in [5.41, 5.74) is 1.95. The average molecular weight is 339 g/mol. The second kappa shape index (κ2) is 7.49. The second-order valence-corrected chi connectivity index (χ2v) is 6.87. The summed E-state index contributed by atoms with van der Waals surface area (Å²) in [4.78, 5) is 20.1. The number of aromatic nitrogens is 4. The highest BCUT2D eigenvalue weighted by molar-refractivity contribution is 7.09. The van der Waals surface area contributed by atoms with Crippen molar-refractivity contribution < 1.29 is 0 Å². The van der Waals surface area contributed by atoms with Gasteiger partial charge in [-0.15, -0.1) is 11.3 Å². The Labute approximate surface area is 146 Å². The molecule has 3 heterocycles. The van der Waals surface area contributed by atoms with Gasteiger partial charge in [-0.05, 0) is 32.9 Å². The van der Waals surface area contributed by atoms with Crippen LogP contribution < -0.4 is 4.90 Å². The number of hydrogen-bond acceptors (Lipinski definition) is 6. The van der Waals surface area contributed by atoms with Crippen LogP contribution >= 0.6 is 11.3 Å². The molecule has 5 nitrogen and oxygen atoms in total. The largest absolute Gasteiger partial charge is 0.354 e. The van der Waals surface area contributed by atoms with Gasteiger partial charge < -0.3 is 4.90 Å². The summed E-state index contributed by atoms with van der Waals surface area (Å²) >= 11 is 1.70. The first-order valence-electron chi connectivity index (χ1n) is 8.04. The molecule has 3 aromatic rings. The molecule has 0 unspecified atom stereocenters. The maximum atomic E-state index is 4.80. The van der Waals surface area contributed by atoms with Crippen LogP contribution in [0.1, 0.15) is 24.5 Å². The molecule has 0 N–H and O–H groups in total. The lowest BCUT2D eigenvalue weighted by atomic mass is 10.2. The zero-order valence-corrected chi connectivity index (χ0v) is 15.0. The molecule has 0 aliphatic heterocycles. The van der Waals surface area contributed by atoms with Gasteiger partial charge in [0.2, 0.25) is 0 Å². The molecule has 0 saturated carbocycles. The molecule has 6 heteroatoms. The van der Waals surface area contributed by atoms with Gasteiger partial charge in [0.05, 0.1) is 5.01 Å². The maximum absolute atomic E-state index is 4.80. The van der Waals surface area contributed by atoms with Crippen molar-refractivity contribution >= 4 is 17.2 Å². The van der Waals surface area contributed by atoms with Crippen molar-refractivity contribution in [2.45, 2.75) is 33.2 Å². The summed E-state index contributed by atoms with van der Waals surface area (Å²) in [6.07, 6.45) is 6.31. The van der Waals surface area contributed by atoms with E-state index in [-0.39, 0.29) is 0 Å². The van der Waals surface area contributed by atoms with Gasteiger partial charge in [-0.1, -0.05) is 0 Å². The third-order valence-corrected chi connectivity index (χ3v) is 4.59. The van der Waals surface area contributed by atoms with Crippen molar-refractivity contribution in [2.24, 2.45) is 0 Å². The smallest absolute Gasteiger partial charge is 0.161 e. The molecule has 124 valence electrons. The zero-order chi connectivity index (χ0) is 16.9. The molecule has 0 bridgehead atoms. The fourth-order valence-corrected chi connectivity index (χ4v) is 3.17. The second-order valence-electron chi connectivity index (χ2n) is 5.89. The van der Waals surface area contributed by atoms with Crippen molar-refractivity contribution in [1.29, 1.82) is 0 Å². The van der Waals surface area contributed by atoms with Gasteiger partial charge in [0.25, 0.3) is 0 Å². The van der Waals surface area contributed by atoms with Crippen LogP contribution in [-0.2, 0) is 6.42 Å². The van der Waals surface area contributed by atoms with Crippen LogP contribution in [-0.4, -0.2) is 32.5 Å². The predicted molar refractivity (Wildman–Crippen MR) is 98.3 cm³/mol. The van der Waals surface area contributed by atoms with E-state index in [4.69, 9.17) is 4.98 Å². The Morgan fingerprint density at radius 2 is 1.92 bits per heavy atom. The molecule has 0 aromatic carbocycles. The Hall–Kier alpha value is -2.34. The van der Waals surface area contributed by atoms with Crippen molar-refractivity contribution in [3.63, 3.8) is 0 Å². The van der Waals surface area contributed by atoms with Gasteiger partial charge in [0, 0.05) is 60.3 Å². The number of thiazole rings is 1. The summed E-state index contributed by atoms with van der Waals surface area (Å²) in [5.74, 6) is 1.70. The molecular weight excluding hydrogens is 318 g/mol. The van der Waals surface area contributed by atoms with Crippen molar-refractivity contribution in [3.05, 3.63) is 52.9 Å². The van der Waals surface area contributed by atoms with Crippen LogP contribution in [0.2, 0.25) is 0 Å². The van der Waals surface area contributed by atoms with Crippen LogP contribution in [0.25, 0.3) is 11.4 Å². The molecule has 0 aliphatic rings. The Bertz CT molecular complexity index is 771. The average Bonchev–Trinajstić information content (AvgIpc) is 3.08. The fraction of sp³-hybridized carbons (Fsp3) is 0.333. The summed E-state index contributed by atoms with van der Waals surface area (Å²) < 4.78 is 0. The van der Waals surface area contributed by atoms with Crippen molar-refractivity contribution in [2.75, 3.05) is 11.4 Å². The van der Waals surface area contributed by atoms with Crippen molar-refractivity contribution in [1.82, 2.24) is 19.9 Å². The SMILES string of the molecule is Cc1cc(N(CCc2nccs2)C(C)C)nc(-c2ccncc2)n1. The Morgan fingerprint density at radius 1 is 1.12 bits per heavy atom. The van der Waals surface area contributed by atoms with Gasteiger partial charge in [0.1, 0.15) is 5.82 Å². The van der Waals surface area contributed by atoms with Gasteiger partial charge >= 0.3 is 0 Å². The summed E-state index contributed by atoms with van der Waals surface area (Å²) in [6.45, 7) is 7.27. The Balaban J connectivity index is 1.88. The van der Waals surface area contributed by atoms with Crippen molar-refractivity contribution in [3.8, 4) is 11.4 Å². The van der Waals surface area contributed by atoms with E-state index in [1.165, 1.54) is 0 Å². The molecular formula is C18H21N5S. The number of rotatable bonds is 6. The zero-order valence-electron chi connectivity index (χ0n) is 14.2. The van der Waals surface area contributed by atoms with E-state index < -0.39 is 0 Å². The van der Waals surface area contributed by atoms with E-state index in [9.17, 15) is 0 Å². The third-order valence-electron chi connectivity index (χ3n) is 3.75. The number of pyridine rings is 1. The summed E-state index contributed by atoms with van der Waals surface area (Å²) in [5, 5.41) is 3.17. The minimum absolute atomic E-state index is 0.351. The van der Waals surface area contributed by atoms with Crippen LogP contribution in [0.5, 0.6) is 0 Å². The van der Waals surface area contributed by atoms with Crippen LogP contribution in [0.15, 0.2) is 42.2 Å². The fourth-order valence-electron chi connectivity index (χ4n) is 2.56. The van der Waals surface area contributed by atoms with E-state index in [2.05, 4.69) is 33.7 Å². The summed E-state index contributed by atoms with van der Waals surface area (Å²) in [7, 11) is 0. The van der Waals surface area contributed by atoms with Gasteiger partial charge in [0.15, 0.2) is 5.82 Å². The first-order chi connectivity index (χ1) is 11.6. The molecule has 3 aromatic heterocycles. The normalized spacial score (nSPS) is 11.0. The van der Waals surface area contributed by atoms with E-state index in [1.807, 2.05) is 36.7 Å². The van der Waals surface area contributed by atoms with Gasteiger partial charge in [-0.3, -0.25) is 4.98 Å². The highest BCUT2D eigenvalue weighted by atomic mass is 32.1. The van der Waals surface area contributed by atoms with E-state index >= 15 is 0 Å². The lowest BCUT2D eigenvalue weighted by Crippen LogP contribution is -2.33. The van der Waals surface area contributed by atoms with Crippen LogP contribution in [0, 0.1) is 6.92 Å². The lowest BCUT2D eigenvalue weighted by molar-refractivity contribution is 0.667. The predicted octanol–water partition coefficient (Wildman–Crippen LogP) is 3.76. The molecule has 0 fully saturated rings. The minimum atomic E-state index is 0.351. The van der Waals surface area contributed by atoms with E-state index in [0.717, 1.165) is 40.9 Å². The highest BCUT2D eigenvalue weighted by Crippen LogP contribution is 2.21. The first-order valence-corrected chi connectivity index (χ1v) is 8.92. The standard InChI is InChI=1S/C18H21N5S/c1-13(2)23(10-6-17-20-9-11-24-17)16-12-14(3)21-18(22-16)15-4-7-19-8-5-15/h4-5,7-9,11-13H,6,10H2,1-3H3. The quantitative estimate of drug-likeness (QED) is 0.684. The first kappa shape index (κ1) is 16.5. The maximum Gasteiger partial charge on any atom is 0.161 e.